The van der Waals surface area contributed by atoms with Gasteiger partial charge in [-0.05, 0) is 48.9 Å². The maximum atomic E-state index is 5.96. The molecule has 2 heteroatoms. The molecule has 0 heterocycles. The Hall–Kier alpha value is -1.31. The van der Waals surface area contributed by atoms with Crippen LogP contribution in [0.4, 0.5) is 0 Å². The summed E-state index contributed by atoms with van der Waals surface area (Å²) in [5.74, 6) is 0.784. The first-order valence-electron chi connectivity index (χ1n) is 7.30. The van der Waals surface area contributed by atoms with E-state index in [2.05, 4.69) is 54.7 Å². The fourth-order valence-corrected chi connectivity index (χ4v) is 2.84. The summed E-state index contributed by atoms with van der Waals surface area (Å²) in [4.78, 5) is 0. The molecule has 1 aliphatic rings. The highest BCUT2D eigenvalue weighted by molar-refractivity contribution is 6.30. The van der Waals surface area contributed by atoms with Gasteiger partial charge in [0.25, 0.3) is 0 Å². The molecule has 1 fully saturated rings. The summed E-state index contributed by atoms with van der Waals surface area (Å²) in [6.07, 6.45) is 2.67. The smallest absolute Gasteiger partial charge is 0.0406 e. The molecule has 2 atom stereocenters. The lowest BCUT2D eigenvalue weighted by molar-refractivity contribution is 0.427. The van der Waals surface area contributed by atoms with Crippen LogP contribution < -0.4 is 5.32 Å². The van der Waals surface area contributed by atoms with Crippen molar-refractivity contribution in [3.8, 4) is 0 Å². The van der Waals surface area contributed by atoms with Crippen molar-refractivity contribution in [2.75, 3.05) is 0 Å². The van der Waals surface area contributed by atoms with E-state index in [0.717, 1.165) is 10.9 Å². The van der Waals surface area contributed by atoms with Crippen molar-refractivity contribution in [1.82, 2.24) is 5.32 Å². The first-order valence-corrected chi connectivity index (χ1v) is 7.68. The molecule has 0 amide bonds. The minimum atomic E-state index is 0.332. The average Bonchev–Trinajstić information content (AvgIpc) is 3.31. The Kier molecular flexibility index (Phi) is 4.09. The molecule has 0 bridgehead atoms. The third kappa shape index (κ3) is 3.23. The summed E-state index contributed by atoms with van der Waals surface area (Å²) >= 11 is 5.96. The Morgan fingerprint density at radius 3 is 2.20 bits per heavy atom. The maximum absolute atomic E-state index is 5.96. The molecule has 0 spiro atoms. The normalized spacial score (nSPS) is 17.7. The van der Waals surface area contributed by atoms with Crippen LogP contribution in [0.5, 0.6) is 0 Å². The SMILES string of the molecule is C[C@@H](NC(c1ccccc1)C1CC1)c1ccc(Cl)cc1. The number of hydrogen-bond donors (Lipinski definition) is 1. The van der Waals surface area contributed by atoms with Crippen molar-refractivity contribution in [1.29, 1.82) is 0 Å². The molecule has 104 valence electrons. The summed E-state index contributed by atoms with van der Waals surface area (Å²) in [5.41, 5.74) is 2.69. The van der Waals surface area contributed by atoms with E-state index in [-0.39, 0.29) is 0 Å². The van der Waals surface area contributed by atoms with Crippen LogP contribution in [0.2, 0.25) is 5.02 Å². The highest BCUT2D eigenvalue weighted by Crippen LogP contribution is 2.42. The molecule has 1 saturated carbocycles. The first kappa shape index (κ1) is 13.7. The molecule has 0 saturated heterocycles. The highest BCUT2D eigenvalue weighted by atomic mass is 35.5. The van der Waals surface area contributed by atoms with Crippen LogP contribution in [0, 0.1) is 5.92 Å². The van der Waals surface area contributed by atoms with E-state index in [9.17, 15) is 0 Å². The van der Waals surface area contributed by atoms with E-state index >= 15 is 0 Å². The molecular formula is C18H20ClN. The van der Waals surface area contributed by atoms with Gasteiger partial charge >= 0.3 is 0 Å². The third-order valence-corrected chi connectivity index (χ3v) is 4.30. The van der Waals surface area contributed by atoms with Gasteiger partial charge in [0.05, 0.1) is 0 Å². The van der Waals surface area contributed by atoms with Crippen LogP contribution in [-0.4, -0.2) is 0 Å². The van der Waals surface area contributed by atoms with Crippen molar-refractivity contribution < 1.29 is 0 Å². The quantitative estimate of drug-likeness (QED) is 0.802. The minimum Gasteiger partial charge on any atom is -0.303 e. The number of rotatable bonds is 5. The van der Waals surface area contributed by atoms with Crippen LogP contribution in [0.3, 0.4) is 0 Å². The summed E-state index contributed by atoms with van der Waals surface area (Å²) in [6.45, 7) is 2.22. The van der Waals surface area contributed by atoms with E-state index in [0.29, 0.717) is 12.1 Å². The maximum Gasteiger partial charge on any atom is 0.0406 e. The van der Waals surface area contributed by atoms with Crippen LogP contribution in [0.1, 0.15) is 43.0 Å². The van der Waals surface area contributed by atoms with Crippen molar-refractivity contribution in [2.45, 2.75) is 31.8 Å². The largest absolute Gasteiger partial charge is 0.303 e. The van der Waals surface area contributed by atoms with Gasteiger partial charge in [-0.25, -0.2) is 0 Å². The molecular weight excluding hydrogens is 266 g/mol. The van der Waals surface area contributed by atoms with Crippen LogP contribution in [0.25, 0.3) is 0 Å². The molecule has 2 aromatic rings. The number of nitrogens with one attached hydrogen (secondary N) is 1. The fraction of sp³-hybridized carbons (Fsp3) is 0.333. The summed E-state index contributed by atoms with van der Waals surface area (Å²) < 4.78 is 0. The van der Waals surface area contributed by atoms with Crippen LogP contribution >= 0.6 is 11.6 Å². The molecule has 0 aliphatic heterocycles. The monoisotopic (exact) mass is 285 g/mol. The van der Waals surface area contributed by atoms with E-state index in [1.54, 1.807) is 0 Å². The lowest BCUT2D eigenvalue weighted by atomic mass is 9.99. The van der Waals surface area contributed by atoms with Gasteiger partial charge in [-0.15, -0.1) is 0 Å². The second-order valence-corrected chi connectivity index (χ2v) is 6.10. The molecule has 0 radical (unpaired) electrons. The van der Waals surface area contributed by atoms with Gasteiger partial charge in [0.2, 0.25) is 0 Å². The zero-order valence-electron chi connectivity index (χ0n) is 11.7. The van der Waals surface area contributed by atoms with Crippen molar-refractivity contribution in [2.24, 2.45) is 5.92 Å². The third-order valence-electron chi connectivity index (χ3n) is 4.05. The molecule has 20 heavy (non-hydrogen) atoms. The molecule has 3 rings (SSSR count). The molecule has 1 N–H and O–H groups in total. The van der Waals surface area contributed by atoms with Gasteiger partial charge in [-0.3, -0.25) is 0 Å². The van der Waals surface area contributed by atoms with Crippen molar-refractivity contribution in [3.05, 3.63) is 70.7 Å². The summed E-state index contributed by atoms with van der Waals surface area (Å²) in [5, 5.41) is 4.58. The molecule has 0 aromatic heterocycles. The Morgan fingerprint density at radius 2 is 1.60 bits per heavy atom. The van der Waals surface area contributed by atoms with E-state index in [1.165, 1.54) is 24.0 Å². The Balaban J connectivity index is 1.75. The van der Waals surface area contributed by atoms with Crippen LogP contribution in [-0.2, 0) is 0 Å². The zero-order valence-corrected chi connectivity index (χ0v) is 12.5. The highest BCUT2D eigenvalue weighted by Gasteiger charge is 2.32. The number of benzene rings is 2. The lowest BCUT2D eigenvalue weighted by Crippen LogP contribution is -2.26. The van der Waals surface area contributed by atoms with Crippen LogP contribution in [0.15, 0.2) is 54.6 Å². The second-order valence-electron chi connectivity index (χ2n) is 5.67. The Bertz CT molecular complexity index is 545. The first-order chi connectivity index (χ1) is 9.74. The van der Waals surface area contributed by atoms with Crippen molar-refractivity contribution >= 4 is 11.6 Å². The minimum absolute atomic E-state index is 0.332. The molecule has 1 unspecified atom stereocenters. The molecule has 1 aliphatic carbocycles. The Labute approximate surface area is 126 Å². The van der Waals surface area contributed by atoms with E-state index in [4.69, 9.17) is 11.6 Å². The average molecular weight is 286 g/mol. The standard InChI is InChI=1S/C18H20ClN/c1-13(14-9-11-17(19)12-10-14)20-18(16-7-8-16)15-5-3-2-4-6-15/h2-6,9-13,16,18,20H,7-8H2,1H3/t13-,18?/m1/s1. The Morgan fingerprint density at radius 1 is 0.950 bits per heavy atom. The zero-order chi connectivity index (χ0) is 13.9. The van der Waals surface area contributed by atoms with E-state index in [1.807, 2.05) is 12.1 Å². The van der Waals surface area contributed by atoms with Gasteiger partial charge in [0.1, 0.15) is 0 Å². The van der Waals surface area contributed by atoms with Gasteiger partial charge in [-0.1, -0.05) is 54.1 Å². The second kappa shape index (κ2) is 5.99. The number of halogens is 1. The van der Waals surface area contributed by atoms with Gasteiger partial charge in [-0.2, -0.15) is 0 Å². The van der Waals surface area contributed by atoms with Crippen molar-refractivity contribution in [3.63, 3.8) is 0 Å². The summed E-state index contributed by atoms with van der Waals surface area (Å²) in [6, 6.07) is 19.7. The molecule has 2 aromatic carbocycles. The predicted octanol–water partition coefficient (Wildman–Crippen LogP) is 5.14. The van der Waals surface area contributed by atoms with Gasteiger partial charge in [0, 0.05) is 17.1 Å². The predicted molar refractivity (Wildman–Crippen MR) is 84.9 cm³/mol. The van der Waals surface area contributed by atoms with Gasteiger partial charge in [0.15, 0.2) is 0 Å². The molecule has 1 nitrogen and oxygen atoms in total. The lowest BCUT2D eigenvalue weighted by Gasteiger charge is -2.24. The van der Waals surface area contributed by atoms with Gasteiger partial charge < -0.3 is 5.32 Å². The topological polar surface area (TPSA) is 12.0 Å². The van der Waals surface area contributed by atoms with E-state index < -0.39 is 0 Å². The fourth-order valence-electron chi connectivity index (χ4n) is 2.71. The summed E-state index contributed by atoms with van der Waals surface area (Å²) in [7, 11) is 0. The number of hydrogen-bond acceptors (Lipinski definition) is 1.